The maximum atomic E-state index is 12.5. The van der Waals surface area contributed by atoms with Crippen molar-refractivity contribution in [2.45, 2.75) is 20.4 Å². The second-order valence-electron chi connectivity index (χ2n) is 5.19. The zero-order chi connectivity index (χ0) is 16.6. The minimum absolute atomic E-state index is 0.0355. The summed E-state index contributed by atoms with van der Waals surface area (Å²) in [4.78, 5) is 24.3. The first kappa shape index (κ1) is 15.7. The van der Waals surface area contributed by atoms with E-state index in [-0.39, 0.29) is 11.4 Å². The molecule has 0 saturated heterocycles. The molecule has 0 radical (unpaired) electrons. The highest BCUT2D eigenvalue weighted by molar-refractivity contribution is 5.96. The number of carbonyl (C=O) groups excluding carboxylic acids is 1. The third-order valence-corrected chi connectivity index (χ3v) is 3.72. The Bertz CT molecular complexity index is 745. The maximum absolute atomic E-state index is 12.5. The number of hydrogen-bond acceptors (Lipinski definition) is 5. The summed E-state index contributed by atoms with van der Waals surface area (Å²) < 4.78 is 2.97. The van der Waals surface area contributed by atoms with E-state index >= 15 is 0 Å². The highest BCUT2D eigenvalue weighted by Crippen LogP contribution is 2.20. The van der Waals surface area contributed by atoms with Crippen molar-refractivity contribution >= 4 is 11.6 Å². The number of hydrogen-bond donors (Lipinski definition) is 0. The van der Waals surface area contributed by atoms with E-state index in [0.717, 1.165) is 23.1 Å². The fourth-order valence-electron chi connectivity index (χ4n) is 2.34. The van der Waals surface area contributed by atoms with Crippen molar-refractivity contribution in [1.29, 1.82) is 0 Å². The van der Waals surface area contributed by atoms with Crippen molar-refractivity contribution in [2.24, 2.45) is 14.1 Å². The van der Waals surface area contributed by atoms with Crippen LogP contribution >= 0.6 is 0 Å². The second-order valence-corrected chi connectivity index (χ2v) is 5.19. The number of nitrogens with zero attached hydrogens (tertiary/aromatic N) is 6. The van der Waals surface area contributed by atoms with Crippen LogP contribution in [0.4, 0.5) is 5.69 Å². The second kappa shape index (κ2) is 5.58. The molecule has 0 aliphatic heterocycles. The van der Waals surface area contributed by atoms with Gasteiger partial charge in [0.1, 0.15) is 6.20 Å². The van der Waals surface area contributed by atoms with Gasteiger partial charge in [0.05, 0.1) is 10.6 Å². The molecule has 0 fully saturated rings. The van der Waals surface area contributed by atoms with Crippen molar-refractivity contribution in [3.8, 4) is 0 Å². The third kappa shape index (κ3) is 2.57. The first-order valence-corrected chi connectivity index (χ1v) is 6.65. The average molecular weight is 306 g/mol. The van der Waals surface area contributed by atoms with Gasteiger partial charge in [-0.3, -0.25) is 24.3 Å². The van der Waals surface area contributed by atoms with Crippen LogP contribution in [0.1, 0.15) is 27.4 Å². The van der Waals surface area contributed by atoms with E-state index in [1.165, 1.54) is 16.6 Å². The summed E-state index contributed by atoms with van der Waals surface area (Å²) in [5.41, 5.74) is 2.39. The van der Waals surface area contributed by atoms with Gasteiger partial charge in [-0.1, -0.05) is 0 Å². The van der Waals surface area contributed by atoms with Crippen LogP contribution in [0.5, 0.6) is 0 Å². The van der Waals surface area contributed by atoms with Crippen molar-refractivity contribution in [2.75, 3.05) is 7.05 Å². The van der Waals surface area contributed by atoms with E-state index in [2.05, 4.69) is 10.2 Å². The van der Waals surface area contributed by atoms with Gasteiger partial charge in [0.25, 0.3) is 5.91 Å². The van der Waals surface area contributed by atoms with Crippen LogP contribution in [0.25, 0.3) is 0 Å². The van der Waals surface area contributed by atoms with Crippen molar-refractivity contribution < 1.29 is 9.72 Å². The summed E-state index contributed by atoms with van der Waals surface area (Å²) in [5, 5.41) is 19.1. The minimum Gasteiger partial charge on any atom is -0.336 e. The van der Waals surface area contributed by atoms with E-state index in [4.69, 9.17) is 0 Å². The quantitative estimate of drug-likeness (QED) is 0.618. The van der Waals surface area contributed by atoms with Gasteiger partial charge in [0.15, 0.2) is 0 Å². The van der Waals surface area contributed by atoms with Crippen LogP contribution < -0.4 is 0 Å². The number of aryl methyl sites for hydroxylation is 3. The highest BCUT2D eigenvalue weighted by Gasteiger charge is 2.28. The van der Waals surface area contributed by atoms with Gasteiger partial charge >= 0.3 is 5.69 Å². The lowest BCUT2D eigenvalue weighted by atomic mass is 10.2. The van der Waals surface area contributed by atoms with Crippen molar-refractivity contribution in [3.63, 3.8) is 0 Å². The van der Waals surface area contributed by atoms with Crippen molar-refractivity contribution in [3.05, 3.63) is 39.0 Å². The molecule has 0 aliphatic carbocycles. The Kier molecular flexibility index (Phi) is 3.98. The topological polar surface area (TPSA) is 99.1 Å². The predicted octanol–water partition coefficient (Wildman–Crippen LogP) is 0.951. The smallest absolute Gasteiger partial charge is 0.320 e. The lowest BCUT2D eigenvalue weighted by Crippen LogP contribution is -2.29. The van der Waals surface area contributed by atoms with Gasteiger partial charge in [0.2, 0.25) is 5.69 Å². The molecular formula is C13H18N6O3. The molecule has 9 heteroatoms. The molecule has 9 nitrogen and oxygen atoms in total. The first-order valence-electron chi connectivity index (χ1n) is 6.65. The van der Waals surface area contributed by atoms with Crippen LogP contribution in [-0.2, 0) is 20.6 Å². The Labute approximate surface area is 127 Å². The summed E-state index contributed by atoms with van der Waals surface area (Å²) in [6, 6.07) is 0. The van der Waals surface area contributed by atoms with Gasteiger partial charge < -0.3 is 4.90 Å². The highest BCUT2D eigenvalue weighted by atomic mass is 16.6. The SMILES string of the molecule is Cc1nn(C)c(C)c1CN(C)C(=O)c1c([N+](=O)[O-])cnn1C. The predicted molar refractivity (Wildman–Crippen MR) is 78.3 cm³/mol. The third-order valence-electron chi connectivity index (χ3n) is 3.72. The number of rotatable bonds is 4. The first-order chi connectivity index (χ1) is 10.2. The molecule has 2 rings (SSSR count). The molecule has 0 aromatic carbocycles. The molecule has 0 aliphatic rings. The van der Waals surface area contributed by atoms with Crippen LogP contribution in [0.3, 0.4) is 0 Å². The van der Waals surface area contributed by atoms with Crippen molar-refractivity contribution in [1.82, 2.24) is 24.5 Å². The summed E-state index contributed by atoms with van der Waals surface area (Å²) in [6.45, 7) is 4.11. The van der Waals surface area contributed by atoms with E-state index in [0.29, 0.717) is 6.54 Å². The summed E-state index contributed by atoms with van der Waals surface area (Å²) in [5.74, 6) is -0.450. The zero-order valence-electron chi connectivity index (χ0n) is 13.2. The molecular weight excluding hydrogens is 288 g/mol. The molecule has 0 spiro atoms. The standard InChI is InChI=1S/C13H18N6O3/c1-8-10(9(2)17(4)15-8)7-16(3)13(20)12-11(19(21)22)6-14-18(12)5/h6H,7H2,1-5H3. The van der Waals surface area contributed by atoms with E-state index in [1.54, 1.807) is 11.7 Å². The fourth-order valence-corrected chi connectivity index (χ4v) is 2.34. The molecule has 118 valence electrons. The maximum Gasteiger partial charge on any atom is 0.320 e. The number of aromatic nitrogens is 4. The molecule has 0 atom stereocenters. The van der Waals surface area contributed by atoms with Crippen LogP contribution in [-0.4, -0.2) is 42.3 Å². The van der Waals surface area contributed by atoms with Gasteiger partial charge in [-0.05, 0) is 13.8 Å². The van der Waals surface area contributed by atoms with Gasteiger partial charge in [0, 0.05) is 38.9 Å². The number of carbonyl (C=O) groups is 1. The molecule has 0 saturated carbocycles. The van der Waals surface area contributed by atoms with Gasteiger partial charge in [-0.25, -0.2) is 0 Å². The van der Waals surface area contributed by atoms with E-state index in [9.17, 15) is 14.9 Å². The molecule has 0 N–H and O–H groups in total. The Hall–Kier alpha value is -2.71. The molecule has 2 aromatic heterocycles. The van der Waals surface area contributed by atoms with E-state index in [1.807, 2.05) is 20.9 Å². The molecule has 22 heavy (non-hydrogen) atoms. The summed E-state index contributed by atoms with van der Waals surface area (Å²) in [6.07, 6.45) is 1.08. The molecule has 2 aromatic rings. The molecule has 1 amide bonds. The van der Waals surface area contributed by atoms with Crippen LogP contribution in [0.15, 0.2) is 6.20 Å². The molecule has 2 heterocycles. The zero-order valence-corrected chi connectivity index (χ0v) is 13.2. The number of nitro groups is 1. The van der Waals surface area contributed by atoms with Crippen LogP contribution in [0.2, 0.25) is 0 Å². The van der Waals surface area contributed by atoms with Gasteiger partial charge in [-0.2, -0.15) is 10.2 Å². The summed E-state index contributed by atoms with van der Waals surface area (Å²) >= 11 is 0. The average Bonchev–Trinajstić information content (AvgIpc) is 2.93. The monoisotopic (exact) mass is 306 g/mol. The lowest BCUT2D eigenvalue weighted by Gasteiger charge is -2.17. The normalized spacial score (nSPS) is 10.8. The Balaban J connectivity index is 2.30. The molecule has 0 bridgehead atoms. The minimum atomic E-state index is -0.603. The Morgan fingerprint density at radius 2 is 2.00 bits per heavy atom. The van der Waals surface area contributed by atoms with E-state index < -0.39 is 10.8 Å². The summed E-state index contributed by atoms with van der Waals surface area (Å²) in [7, 11) is 4.94. The van der Waals surface area contributed by atoms with Gasteiger partial charge in [-0.15, -0.1) is 0 Å². The lowest BCUT2D eigenvalue weighted by molar-refractivity contribution is -0.385. The van der Waals surface area contributed by atoms with Crippen LogP contribution in [0, 0.1) is 24.0 Å². The Morgan fingerprint density at radius 3 is 2.50 bits per heavy atom. The largest absolute Gasteiger partial charge is 0.336 e. The molecule has 0 unspecified atom stereocenters. The fraction of sp³-hybridized carbons (Fsp3) is 0.462. The number of amides is 1. The Morgan fingerprint density at radius 1 is 1.36 bits per heavy atom.